The third kappa shape index (κ3) is 2.24. The van der Waals surface area contributed by atoms with Crippen LogP contribution in [0.4, 0.5) is 16.4 Å². The van der Waals surface area contributed by atoms with Gasteiger partial charge >= 0.3 is 6.09 Å². The SMILES string of the molecule is C=C1CSc2ncc(N3C[C@@H](CN)OC3=O)nc2N1. The molecule has 2 aliphatic rings. The molecule has 0 aliphatic carbocycles. The van der Waals surface area contributed by atoms with Crippen LogP contribution in [-0.4, -0.2) is 41.0 Å². The monoisotopic (exact) mass is 279 g/mol. The first-order valence-electron chi connectivity index (χ1n) is 5.80. The largest absolute Gasteiger partial charge is 0.443 e. The number of rotatable bonds is 2. The van der Waals surface area contributed by atoms with Crippen LogP contribution in [0.2, 0.25) is 0 Å². The summed E-state index contributed by atoms with van der Waals surface area (Å²) in [6, 6.07) is 0. The number of carbonyl (C=O) groups is 1. The molecule has 100 valence electrons. The van der Waals surface area contributed by atoms with Gasteiger partial charge in [-0.15, -0.1) is 0 Å². The molecule has 19 heavy (non-hydrogen) atoms. The van der Waals surface area contributed by atoms with Crippen molar-refractivity contribution >= 4 is 29.5 Å². The van der Waals surface area contributed by atoms with E-state index in [1.807, 2.05) is 0 Å². The predicted octanol–water partition coefficient (Wildman–Crippen LogP) is 0.792. The van der Waals surface area contributed by atoms with Gasteiger partial charge in [-0.25, -0.2) is 14.8 Å². The highest BCUT2D eigenvalue weighted by atomic mass is 32.2. The van der Waals surface area contributed by atoms with Gasteiger partial charge in [-0.1, -0.05) is 18.3 Å². The molecule has 0 bridgehead atoms. The fourth-order valence-electron chi connectivity index (χ4n) is 1.88. The number of cyclic esters (lactones) is 1. The molecular formula is C11H13N5O2S. The van der Waals surface area contributed by atoms with Crippen LogP contribution in [0.5, 0.6) is 0 Å². The number of aromatic nitrogens is 2. The minimum atomic E-state index is -0.438. The molecule has 0 spiro atoms. The highest BCUT2D eigenvalue weighted by Gasteiger charge is 2.33. The quantitative estimate of drug-likeness (QED) is 0.826. The molecule has 0 unspecified atom stereocenters. The molecule has 1 amide bonds. The fraction of sp³-hybridized carbons (Fsp3) is 0.364. The molecule has 7 nitrogen and oxygen atoms in total. The first-order valence-corrected chi connectivity index (χ1v) is 6.79. The van der Waals surface area contributed by atoms with Gasteiger partial charge in [0.25, 0.3) is 0 Å². The average molecular weight is 279 g/mol. The van der Waals surface area contributed by atoms with Gasteiger partial charge in [-0.05, 0) is 0 Å². The maximum absolute atomic E-state index is 11.7. The Bertz CT molecular complexity index is 550. The molecule has 1 saturated heterocycles. The Morgan fingerprint density at radius 2 is 2.53 bits per heavy atom. The van der Waals surface area contributed by atoms with Crippen LogP contribution in [0.25, 0.3) is 0 Å². The van der Waals surface area contributed by atoms with Crippen LogP contribution in [0, 0.1) is 0 Å². The lowest BCUT2D eigenvalue weighted by atomic mass is 10.3. The lowest BCUT2D eigenvalue weighted by Gasteiger charge is -2.19. The maximum Gasteiger partial charge on any atom is 0.416 e. The van der Waals surface area contributed by atoms with E-state index in [1.165, 1.54) is 4.90 Å². The highest BCUT2D eigenvalue weighted by Crippen LogP contribution is 2.32. The average Bonchev–Trinajstić information content (AvgIpc) is 2.79. The van der Waals surface area contributed by atoms with E-state index in [1.54, 1.807) is 18.0 Å². The maximum atomic E-state index is 11.7. The lowest BCUT2D eigenvalue weighted by molar-refractivity contribution is 0.145. The van der Waals surface area contributed by atoms with Crippen LogP contribution in [0.1, 0.15) is 0 Å². The second-order valence-corrected chi connectivity index (χ2v) is 5.22. The molecule has 0 saturated carbocycles. The van der Waals surface area contributed by atoms with Crippen molar-refractivity contribution in [2.75, 3.05) is 29.1 Å². The van der Waals surface area contributed by atoms with Crippen molar-refractivity contribution in [3.8, 4) is 0 Å². The van der Waals surface area contributed by atoms with Crippen molar-refractivity contribution in [1.82, 2.24) is 9.97 Å². The van der Waals surface area contributed by atoms with Crippen LogP contribution in [-0.2, 0) is 4.74 Å². The molecule has 0 radical (unpaired) electrons. The summed E-state index contributed by atoms with van der Waals surface area (Å²) in [4.78, 5) is 21.8. The Morgan fingerprint density at radius 3 is 3.26 bits per heavy atom. The topological polar surface area (TPSA) is 93.4 Å². The van der Waals surface area contributed by atoms with Crippen molar-refractivity contribution in [2.24, 2.45) is 5.73 Å². The number of nitrogens with zero attached hydrogens (tertiary/aromatic N) is 3. The Labute approximate surface area is 114 Å². The summed E-state index contributed by atoms with van der Waals surface area (Å²) < 4.78 is 5.09. The Hall–Kier alpha value is -1.80. The van der Waals surface area contributed by atoms with Gasteiger partial charge in [-0.3, -0.25) is 4.90 Å². The van der Waals surface area contributed by atoms with Crippen LogP contribution in [0.15, 0.2) is 23.5 Å². The number of anilines is 2. The van der Waals surface area contributed by atoms with Gasteiger partial charge < -0.3 is 15.8 Å². The molecule has 8 heteroatoms. The molecular weight excluding hydrogens is 266 g/mol. The summed E-state index contributed by atoms with van der Waals surface area (Å²) in [5.74, 6) is 1.85. The number of thioether (sulfide) groups is 1. The minimum Gasteiger partial charge on any atom is -0.443 e. The van der Waals surface area contributed by atoms with Crippen molar-refractivity contribution in [1.29, 1.82) is 0 Å². The number of hydrogen-bond acceptors (Lipinski definition) is 7. The number of nitrogens with one attached hydrogen (secondary N) is 1. The molecule has 1 aromatic heterocycles. The van der Waals surface area contributed by atoms with Gasteiger partial charge in [0.1, 0.15) is 11.1 Å². The zero-order chi connectivity index (χ0) is 13.4. The molecule has 2 aliphatic heterocycles. The van der Waals surface area contributed by atoms with E-state index < -0.39 is 6.09 Å². The minimum absolute atomic E-state index is 0.289. The second kappa shape index (κ2) is 4.71. The van der Waals surface area contributed by atoms with E-state index in [4.69, 9.17) is 10.5 Å². The van der Waals surface area contributed by atoms with Gasteiger partial charge in [0.15, 0.2) is 11.6 Å². The van der Waals surface area contributed by atoms with E-state index in [9.17, 15) is 4.79 Å². The van der Waals surface area contributed by atoms with E-state index in [0.29, 0.717) is 24.7 Å². The molecule has 3 rings (SSSR count). The zero-order valence-electron chi connectivity index (χ0n) is 10.1. The number of nitrogens with two attached hydrogens (primary N) is 1. The summed E-state index contributed by atoms with van der Waals surface area (Å²) in [5, 5.41) is 3.88. The number of fused-ring (bicyclic) bond motifs is 1. The predicted molar refractivity (Wildman–Crippen MR) is 72.2 cm³/mol. The van der Waals surface area contributed by atoms with Crippen LogP contribution < -0.4 is 16.0 Å². The number of ether oxygens (including phenoxy) is 1. The smallest absolute Gasteiger partial charge is 0.416 e. The van der Waals surface area contributed by atoms with Gasteiger partial charge in [0.2, 0.25) is 0 Å². The van der Waals surface area contributed by atoms with Crippen molar-refractivity contribution in [3.05, 3.63) is 18.5 Å². The van der Waals surface area contributed by atoms with Crippen molar-refractivity contribution in [3.63, 3.8) is 0 Å². The zero-order valence-corrected chi connectivity index (χ0v) is 10.9. The lowest BCUT2D eigenvalue weighted by Crippen LogP contribution is -2.28. The van der Waals surface area contributed by atoms with Crippen LogP contribution >= 0.6 is 11.8 Å². The molecule has 0 aromatic carbocycles. The molecule has 1 fully saturated rings. The van der Waals surface area contributed by atoms with E-state index in [0.717, 1.165) is 16.5 Å². The molecule has 1 atom stereocenters. The summed E-state index contributed by atoms with van der Waals surface area (Å²) in [7, 11) is 0. The van der Waals surface area contributed by atoms with E-state index >= 15 is 0 Å². The normalized spacial score (nSPS) is 21.9. The van der Waals surface area contributed by atoms with Gasteiger partial charge in [0.05, 0.1) is 12.7 Å². The first-order chi connectivity index (χ1) is 9.17. The summed E-state index contributed by atoms with van der Waals surface area (Å²) in [6.45, 7) is 4.56. The van der Waals surface area contributed by atoms with E-state index in [2.05, 4.69) is 21.9 Å². The first kappa shape index (κ1) is 12.2. The summed E-state index contributed by atoms with van der Waals surface area (Å²) >= 11 is 1.56. The molecule has 3 heterocycles. The van der Waals surface area contributed by atoms with E-state index in [-0.39, 0.29) is 6.10 Å². The van der Waals surface area contributed by atoms with Gasteiger partial charge in [-0.2, -0.15) is 0 Å². The van der Waals surface area contributed by atoms with Gasteiger partial charge in [0, 0.05) is 18.0 Å². The van der Waals surface area contributed by atoms with Crippen LogP contribution in [0.3, 0.4) is 0 Å². The standard InChI is InChI=1S/C11H13N5O2S/c1-6-5-19-10-9(14-6)15-8(3-13-10)16-4-7(2-12)18-11(16)17/h3,7H,1-2,4-5,12H2,(H,14,15)/t7-/m1/s1. The fourth-order valence-corrected chi connectivity index (χ4v) is 2.62. The molecule has 3 N–H and O–H groups in total. The second-order valence-electron chi connectivity index (χ2n) is 4.25. The Balaban J connectivity index is 1.88. The number of carbonyl (C=O) groups excluding carboxylic acids is 1. The van der Waals surface area contributed by atoms with Crippen molar-refractivity contribution < 1.29 is 9.53 Å². The summed E-state index contributed by atoms with van der Waals surface area (Å²) in [5.41, 5.74) is 6.37. The highest BCUT2D eigenvalue weighted by molar-refractivity contribution is 7.99. The third-order valence-corrected chi connectivity index (χ3v) is 3.88. The Kier molecular flexibility index (Phi) is 3.03. The van der Waals surface area contributed by atoms with Crippen molar-refractivity contribution in [2.45, 2.75) is 11.1 Å². The number of amides is 1. The third-order valence-electron chi connectivity index (χ3n) is 2.82. The number of hydrogen-bond donors (Lipinski definition) is 2. The molecule has 1 aromatic rings. The summed E-state index contributed by atoms with van der Waals surface area (Å²) in [6.07, 6.45) is 0.844. The Morgan fingerprint density at radius 1 is 1.68 bits per heavy atom.